The van der Waals surface area contributed by atoms with Crippen molar-refractivity contribution < 1.29 is 111 Å². The number of benzene rings is 2. The van der Waals surface area contributed by atoms with E-state index in [-0.39, 0.29) is 76.6 Å². The van der Waals surface area contributed by atoms with Crippen molar-refractivity contribution in [1.29, 1.82) is 0 Å². The number of ether oxygens (including phenoxy) is 5. The molecular weight excluding hydrogens is 1220 g/mol. The second kappa shape index (κ2) is 29.9. The predicted octanol–water partition coefficient (Wildman–Crippen LogP) is 16.4. The Hall–Kier alpha value is -6.69. The molecule has 2 N–H and O–H groups in total. The van der Waals surface area contributed by atoms with Crippen LogP contribution in [0.5, 0.6) is 0 Å². The summed E-state index contributed by atoms with van der Waals surface area (Å²) in [6, 6.07) is 10.8. The summed E-state index contributed by atoms with van der Waals surface area (Å²) in [6.07, 6.45) is -12.2. The number of carbonyl (C=O) groups is 5. The molecule has 3 saturated carbocycles. The number of esters is 5. The zero-order valence-corrected chi connectivity index (χ0v) is 52.4. The highest BCUT2D eigenvalue weighted by molar-refractivity contribution is 5.91. The van der Waals surface area contributed by atoms with Gasteiger partial charge in [-0.25, -0.2) is 24.0 Å². The van der Waals surface area contributed by atoms with Gasteiger partial charge in [0, 0.05) is 46.1 Å². The Balaban J connectivity index is 0.000000254. The second-order valence-corrected chi connectivity index (χ2v) is 25.5. The van der Waals surface area contributed by atoms with E-state index < -0.39 is 90.6 Å². The highest BCUT2D eigenvalue weighted by Crippen LogP contribution is 2.57. The second-order valence-electron chi connectivity index (χ2n) is 25.5. The van der Waals surface area contributed by atoms with Crippen LogP contribution in [0.1, 0.15) is 157 Å². The van der Waals surface area contributed by atoms with Gasteiger partial charge in [-0.2, -0.15) is 52.7 Å². The van der Waals surface area contributed by atoms with E-state index in [2.05, 4.69) is 60.6 Å². The fourth-order valence-electron chi connectivity index (χ4n) is 11.6. The SMILES string of the molecule is C=C(C)C(=O)OC1(C(C)(C)C)CCCC1.C=C(C)C(=O)OC1C=C(C)CCC1.C=C(C)C(=O)OC1C=CCC1.C=C(C)C(=O)OC1CC2CC1CC2CC(O)(C(F)(F)F)C(F)(F)F.C=C1CC(CC(O)(C(F)(F)F)C(F)(F)F)(c2ccc3ccccc3c2)OC1=O. The summed E-state index contributed by atoms with van der Waals surface area (Å²) in [5.74, 6) is -4.18. The number of hydrogen-bond acceptors (Lipinski definition) is 12. The van der Waals surface area contributed by atoms with E-state index in [9.17, 15) is 86.9 Å². The smallest absolute Gasteiger partial charge is 0.426 e. The highest BCUT2D eigenvalue weighted by Gasteiger charge is 2.74. The van der Waals surface area contributed by atoms with Crippen LogP contribution >= 0.6 is 0 Å². The Labute approximate surface area is 522 Å². The quantitative estimate of drug-likeness (QED) is 0.0640. The molecule has 5 aliphatic carbocycles. The molecule has 0 radical (unpaired) electrons. The number of rotatable bonds is 13. The van der Waals surface area contributed by atoms with Gasteiger partial charge < -0.3 is 33.9 Å². The van der Waals surface area contributed by atoms with Gasteiger partial charge in [-0.3, -0.25) is 0 Å². The molecule has 2 bridgehead atoms. The first-order chi connectivity index (χ1) is 41.6. The monoisotopic (exact) mass is 1310 g/mol. The standard InChI is InChI=1S/C19H14F6O3.C15H18F6O3.C13H22O2.C11H16O2.C9H12O2/c1-11-9-16(28-15(11)26,10-17(27,18(20,21)22)19(23,24)25)14-7-6-12-4-2-3-5-13(12)8-14;1-7(2)12(22)24-11-5-8-3-9(11)4-10(8)6-13(23,14(16,17)18)15(19,20)21;1-10(2)11(14)15-13(12(3,4)5)8-6-7-9-13;1-8(2)11(12)13-10-6-4-5-9(3)7-10;1-7(2)9(10)11-8-5-3-4-6-8/h2-8,27H,1,9-10H2;8-11,23H,1,3-6H2,2H3;1,6-9H2,2-5H3;7,10H,1,4-6H2,2-3H3;3,5,8H,1,4,6H2,2H3. The van der Waals surface area contributed by atoms with Crippen LogP contribution in [0, 0.1) is 23.2 Å². The van der Waals surface area contributed by atoms with E-state index in [0.29, 0.717) is 33.9 Å². The Bertz CT molecular complexity index is 3030. The third-order valence-electron chi connectivity index (χ3n) is 17.0. The first-order valence-electron chi connectivity index (χ1n) is 29.6. The van der Waals surface area contributed by atoms with Gasteiger partial charge in [0.05, 0.1) is 0 Å². The van der Waals surface area contributed by atoms with E-state index in [1.165, 1.54) is 30.7 Å². The van der Waals surface area contributed by atoms with Crippen molar-refractivity contribution in [3.63, 3.8) is 0 Å². The lowest BCUT2D eigenvalue weighted by Gasteiger charge is -2.41. The topological polar surface area (TPSA) is 172 Å². The Kier molecular flexibility index (Phi) is 25.3. The van der Waals surface area contributed by atoms with Crippen LogP contribution in [-0.4, -0.2) is 99.9 Å². The number of alkyl halides is 12. The van der Waals surface area contributed by atoms with Crippen LogP contribution in [-0.2, 0) is 53.3 Å². The minimum Gasteiger partial charge on any atom is -0.459 e. The molecule has 1 heterocycles. The number of hydrogen-bond donors (Lipinski definition) is 2. The predicted molar refractivity (Wildman–Crippen MR) is 315 cm³/mol. The number of carbonyl (C=O) groups excluding carboxylic acids is 5. The average Bonchev–Trinajstić information content (AvgIpc) is 1.74. The molecule has 24 heteroatoms. The summed E-state index contributed by atoms with van der Waals surface area (Å²) in [7, 11) is 0. The van der Waals surface area contributed by atoms with Gasteiger partial charge in [-0.1, -0.05) is 102 Å². The largest absolute Gasteiger partial charge is 0.459 e. The number of fused-ring (bicyclic) bond motifs is 3. The van der Waals surface area contributed by atoms with Crippen molar-refractivity contribution >= 4 is 40.6 Å². The fraction of sp³-hybridized carbons (Fsp3) is 0.567. The maximum Gasteiger partial charge on any atom is 0.426 e. The number of allylic oxidation sites excluding steroid dienone is 2. The van der Waals surface area contributed by atoms with Crippen molar-refractivity contribution in [3.05, 3.63) is 133 Å². The molecule has 0 amide bonds. The molecule has 0 spiro atoms. The van der Waals surface area contributed by atoms with Gasteiger partial charge in [-0.15, -0.1) is 0 Å². The van der Waals surface area contributed by atoms with Crippen LogP contribution in [0.3, 0.4) is 0 Å². The van der Waals surface area contributed by atoms with Crippen molar-refractivity contribution in [2.45, 2.75) is 217 Å². The molecule has 7 unspecified atom stereocenters. The minimum atomic E-state index is -6.04. The lowest BCUT2D eigenvalue weighted by molar-refractivity contribution is -0.378. The molecule has 2 aromatic rings. The first-order valence-corrected chi connectivity index (χ1v) is 29.6. The van der Waals surface area contributed by atoms with Gasteiger partial charge in [-0.05, 0) is 170 Å². The van der Waals surface area contributed by atoms with Crippen LogP contribution in [0.15, 0.2) is 127 Å². The van der Waals surface area contributed by atoms with Crippen LogP contribution < -0.4 is 0 Å². The Morgan fingerprint density at radius 3 is 1.57 bits per heavy atom. The Morgan fingerprint density at radius 2 is 1.14 bits per heavy atom. The molecule has 0 aromatic heterocycles. The third kappa shape index (κ3) is 19.4. The van der Waals surface area contributed by atoms with E-state index in [4.69, 9.17) is 23.7 Å². The van der Waals surface area contributed by atoms with Crippen molar-refractivity contribution in [3.8, 4) is 0 Å². The summed E-state index contributed by atoms with van der Waals surface area (Å²) in [6.45, 7) is 32.4. The van der Waals surface area contributed by atoms with Crippen molar-refractivity contribution in [1.82, 2.24) is 0 Å². The minimum absolute atomic E-state index is 0.00854. The molecular formula is C67H82F12O12. The van der Waals surface area contributed by atoms with Crippen LogP contribution in [0.25, 0.3) is 10.8 Å². The molecule has 7 atom stereocenters. The average molecular weight is 1310 g/mol. The molecule has 8 rings (SSSR count). The molecule has 2 aromatic carbocycles. The van der Waals surface area contributed by atoms with Gasteiger partial charge in [0.25, 0.3) is 11.2 Å². The fourth-order valence-corrected chi connectivity index (χ4v) is 11.6. The lowest BCUT2D eigenvalue weighted by Crippen LogP contribution is -2.60. The summed E-state index contributed by atoms with van der Waals surface area (Å²) < 4.78 is 182. The molecule has 4 fully saturated rings. The third-order valence-corrected chi connectivity index (χ3v) is 17.0. The first kappa shape index (κ1) is 76.8. The molecule has 1 aliphatic heterocycles. The molecule has 6 aliphatic rings. The zero-order chi connectivity index (χ0) is 69.3. The van der Waals surface area contributed by atoms with Crippen molar-refractivity contribution in [2.24, 2.45) is 23.2 Å². The van der Waals surface area contributed by atoms with E-state index in [1.807, 2.05) is 18.2 Å². The summed E-state index contributed by atoms with van der Waals surface area (Å²) >= 11 is 0. The summed E-state index contributed by atoms with van der Waals surface area (Å²) in [5.41, 5.74) is -9.87. The highest BCUT2D eigenvalue weighted by atomic mass is 19.4. The Morgan fingerprint density at radius 1 is 0.637 bits per heavy atom. The molecule has 506 valence electrons. The maximum absolute atomic E-state index is 13.3. The molecule has 12 nitrogen and oxygen atoms in total. The molecule has 91 heavy (non-hydrogen) atoms. The lowest BCUT2D eigenvalue weighted by atomic mass is 9.75. The van der Waals surface area contributed by atoms with Gasteiger partial charge in [0.1, 0.15) is 29.5 Å². The van der Waals surface area contributed by atoms with Crippen LogP contribution in [0.2, 0.25) is 0 Å². The number of cyclic esters (lactones) is 1. The summed E-state index contributed by atoms with van der Waals surface area (Å²) in [4.78, 5) is 57.1. The van der Waals surface area contributed by atoms with Crippen molar-refractivity contribution in [2.75, 3.05) is 0 Å². The maximum atomic E-state index is 13.3. The van der Waals surface area contributed by atoms with Crippen LogP contribution in [0.4, 0.5) is 52.7 Å². The normalized spacial score (nSPS) is 23.6. The number of halogens is 12. The number of aliphatic hydroxyl groups is 2. The zero-order valence-electron chi connectivity index (χ0n) is 52.4. The molecule has 1 saturated heterocycles. The van der Waals surface area contributed by atoms with Gasteiger partial charge in [0.15, 0.2) is 0 Å². The van der Waals surface area contributed by atoms with E-state index >= 15 is 0 Å². The van der Waals surface area contributed by atoms with E-state index in [1.54, 1.807) is 45.0 Å². The van der Waals surface area contributed by atoms with Gasteiger partial charge in [0.2, 0.25) is 0 Å². The van der Waals surface area contributed by atoms with E-state index in [0.717, 1.165) is 57.8 Å². The van der Waals surface area contributed by atoms with Gasteiger partial charge >= 0.3 is 54.6 Å². The summed E-state index contributed by atoms with van der Waals surface area (Å²) in [5, 5.41) is 20.2.